The molecule has 0 saturated carbocycles. The highest BCUT2D eigenvalue weighted by Gasteiger charge is 2.16. The van der Waals surface area contributed by atoms with Crippen molar-refractivity contribution in [1.82, 2.24) is 9.78 Å². The molecule has 0 atom stereocenters. The van der Waals surface area contributed by atoms with Gasteiger partial charge in [-0.05, 0) is 44.2 Å². The Bertz CT molecular complexity index is 632. The molecule has 2 rings (SSSR count). The van der Waals surface area contributed by atoms with Gasteiger partial charge < -0.3 is 0 Å². The minimum absolute atomic E-state index is 0.0691. The Balaban J connectivity index is 2.49. The van der Waals surface area contributed by atoms with Crippen LogP contribution in [0.2, 0.25) is 0 Å². The minimum Gasteiger partial charge on any atom is -0.268 e. The molecule has 114 valence electrons. The Labute approximate surface area is 127 Å². The number of aromatic nitrogens is 2. The number of nitrogens with one attached hydrogen (secondary N) is 1. The average Bonchev–Trinajstić information content (AvgIpc) is 2.73. The molecule has 3 nitrogen and oxygen atoms in total. The number of benzene rings is 1. The van der Waals surface area contributed by atoms with Crippen molar-refractivity contribution in [3.05, 3.63) is 51.4 Å². The summed E-state index contributed by atoms with van der Waals surface area (Å²) in [6.45, 7) is 8.62. The van der Waals surface area contributed by atoms with Crippen LogP contribution in [-0.2, 0) is 12.8 Å². The first-order valence-corrected chi connectivity index (χ1v) is 7.92. The third kappa shape index (κ3) is 3.66. The number of hydrogen-bond acceptors (Lipinski definition) is 1. The van der Waals surface area contributed by atoms with E-state index in [4.69, 9.17) is 0 Å². The maximum Gasteiger partial charge on any atom is 0.267 e. The number of unbranched alkanes of at least 4 members (excludes halogenated alkanes) is 1. The molecule has 1 heterocycles. The van der Waals surface area contributed by atoms with E-state index in [9.17, 15) is 4.79 Å². The molecule has 0 fully saturated rings. The zero-order valence-corrected chi connectivity index (χ0v) is 13.6. The normalized spacial score (nSPS) is 11.3. The van der Waals surface area contributed by atoms with Crippen molar-refractivity contribution in [2.45, 2.75) is 53.4 Å². The molecule has 3 heteroatoms. The Hall–Kier alpha value is -1.77. The van der Waals surface area contributed by atoms with Crippen molar-refractivity contribution in [2.75, 3.05) is 0 Å². The first kappa shape index (κ1) is 15.6. The van der Waals surface area contributed by atoms with Gasteiger partial charge in [-0.2, -0.15) is 0 Å². The Morgan fingerprint density at radius 1 is 1.19 bits per heavy atom. The Kier molecular flexibility index (Phi) is 5.05. The smallest absolute Gasteiger partial charge is 0.267 e. The predicted molar refractivity (Wildman–Crippen MR) is 88.3 cm³/mol. The second-order valence-electron chi connectivity index (χ2n) is 6.24. The maximum absolute atomic E-state index is 12.3. The van der Waals surface area contributed by atoms with Gasteiger partial charge in [-0.25, -0.2) is 0 Å². The standard InChI is InChI=1S/C18H26N2O/c1-5-6-7-16-17(12-13(2)3)20(19-18(16)21)15-10-8-14(4)9-11-15/h8-11,13H,5-7,12H2,1-4H3,(H,19,21). The van der Waals surface area contributed by atoms with E-state index in [1.807, 2.05) is 4.68 Å². The fourth-order valence-corrected chi connectivity index (χ4v) is 2.63. The highest BCUT2D eigenvalue weighted by atomic mass is 16.1. The molecule has 21 heavy (non-hydrogen) atoms. The van der Waals surface area contributed by atoms with E-state index in [1.54, 1.807) is 0 Å². The summed E-state index contributed by atoms with van der Waals surface area (Å²) in [6, 6.07) is 8.30. The molecular weight excluding hydrogens is 260 g/mol. The lowest BCUT2D eigenvalue weighted by atomic mass is 10.0. The molecule has 0 unspecified atom stereocenters. The molecule has 0 spiro atoms. The maximum atomic E-state index is 12.3. The highest BCUT2D eigenvalue weighted by molar-refractivity contribution is 5.37. The van der Waals surface area contributed by atoms with Crippen LogP contribution < -0.4 is 5.56 Å². The second-order valence-corrected chi connectivity index (χ2v) is 6.24. The lowest BCUT2D eigenvalue weighted by Gasteiger charge is -2.12. The molecule has 0 radical (unpaired) electrons. The van der Waals surface area contributed by atoms with Crippen LogP contribution >= 0.6 is 0 Å². The summed E-state index contributed by atoms with van der Waals surface area (Å²) in [4.78, 5) is 12.3. The van der Waals surface area contributed by atoms with Gasteiger partial charge in [-0.15, -0.1) is 0 Å². The molecule has 0 aliphatic carbocycles. The first-order chi connectivity index (χ1) is 10.0. The summed E-state index contributed by atoms with van der Waals surface area (Å²) in [7, 11) is 0. The van der Waals surface area contributed by atoms with Crippen LogP contribution in [0.15, 0.2) is 29.1 Å². The van der Waals surface area contributed by atoms with Crippen LogP contribution in [0.4, 0.5) is 0 Å². The summed E-state index contributed by atoms with van der Waals surface area (Å²) in [5.41, 5.74) is 4.44. The molecule has 1 aromatic heterocycles. The van der Waals surface area contributed by atoms with Crippen LogP contribution in [0.1, 0.15) is 50.4 Å². The number of H-pyrrole nitrogens is 1. The minimum atomic E-state index is 0.0691. The quantitative estimate of drug-likeness (QED) is 0.856. The van der Waals surface area contributed by atoms with Crippen LogP contribution in [0, 0.1) is 12.8 Å². The SMILES string of the molecule is CCCCc1c(CC(C)C)n(-c2ccc(C)cc2)[nH]c1=O. The zero-order chi connectivity index (χ0) is 15.4. The van der Waals surface area contributed by atoms with Gasteiger partial charge in [0, 0.05) is 11.3 Å². The molecule has 1 aromatic carbocycles. The van der Waals surface area contributed by atoms with Gasteiger partial charge in [0.15, 0.2) is 0 Å². The van der Waals surface area contributed by atoms with Crippen molar-refractivity contribution in [3.63, 3.8) is 0 Å². The molecule has 0 saturated heterocycles. The molecular formula is C18H26N2O. The molecule has 0 bridgehead atoms. The van der Waals surface area contributed by atoms with Gasteiger partial charge in [0.05, 0.1) is 5.69 Å². The summed E-state index contributed by atoms with van der Waals surface area (Å²) >= 11 is 0. The van der Waals surface area contributed by atoms with E-state index >= 15 is 0 Å². The summed E-state index contributed by atoms with van der Waals surface area (Å²) in [5.74, 6) is 0.525. The molecule has 0 aliphatic rings. The summed E-state index contributed by atoms with van der Waals surface area (Å²) in [6.07, 6.45) is 3.96. The van der Waals surface area contributed by atoms with Gasteiger partial charge in [0.25, 0.3) is 5.56 Å². The molecule has 0 aliphatic heterocycles. The number of nitrogens with zero attached hydrogens (tertiary/aromatic N) is 1. The van der Waals surface area contributed by atoms with Crippen molar-refractivity contribution < 1.29 is 0 Å². The van der Waals surface area contributed by atoms with E-state index < -0.39 is 0 Å². The fourth-order valence-electron chi connectivity index (χ4n) is 2.63. The Morgan fingerprint density at radius 2 is 1.86 bits per heavy atom. The largest absolute Gasteiger partial charge is 0.268 e. The number of hydrogen-bond donors (Lipinski definition) is 1. The summed E-state index contributed by atoms with van der Waals surface area (Å²) < 4.78 is 1.98. The van der Waals surface area contributed by atoms with Gasteiger partial charge in [0.2, 0.25) is 0 Å². The van der Waals surface area contributed by atoms with Crippen molar-refractivity contribution in [1.29, 1.82) is 0 Å². The van der Waals surface area contributed by atoms with E-state index in [0.717, 1.165) is 42.6 Å². The van der Waals surface area contributed by atoms with E-state index in [2.05, 4.69) is 57.1 Å². The van der Waals surface area contributed by atoms with Crippen molar-refractivity contribution in [2.24, 2.45) is 5.92 Å². The second kappa shape index (κ2) is 6.79. The van der Waals surface area contributed by atoms with Crippen molar-refractivity contribution >= 4 is 0 Å². The van der Waals surface area contributed by atoms with E-state index in [1.165, 1.54) is 5.56 Å². The lowest BCUT2D eigenvalue weighted by molar-refractivity contribution is 0.610. The average molecular weight is 286 g/mol. The number of rotatable bonds is 6. The molecule has 1 N–H and O–H groups in total. The van der Waals surface area contributed by atoms with Gasteiger partial charge in [0.1, 0.15) is 0 Å². The topological polar surface area (TPSA) is 37.8 Å². The van der Waals surface area contributed by atoms with E-state index in [-0.39, 0.29) is 5.56 Å². The van der Waals surface area contributed by atoms with Crippen LogP contribution in [0.25, 0.3) is 5.69 Å². The summed E-state index contributed by atoms with van der Waals surface area (Å²) in [5, 5.41) is 3.02. The van der Waals surface area contributed by atoms with Crippen LogP contribution in [-0.4, -0.2) is 9.78 Å². The van der Waals surface area contributed by atoms with Crippen molar-refractivity contribution in [3.8, 4) is 5.69 Å². The highest BCUT2D eigenvalue weighted by Crippen LogP contribution is 2.18. The van der Waals surface area contributed by atoms with Gasteiger partial charge in [-0.1, -0.05) is 44.9 Å². The fraction of sp³-hybridized carbons (Fsp3) is 0.500. The third-order valence-corrected chi connectivity index (χ3v) is 3.78. The predicted octanol–water partition coefficient (Wildman–Crippen LogP) is 4.02. The number of aryl methyl sites for hydroxylation is 1. The van der Waals surface area contributed by atoms with Crippen LogP contribution in [0.5, 0.6) is 0 Å². The monoisotopic (exact) mass is 286 g/mol. The lowest BCUT2D eigenvalue weighted by Crippen LogP contribution is -2.08. The zero-order valence-electron chi connectivity index (χ0n) is 13.6. The Morgan fingerprint density at radius 3 is 2.43 bits per heavy atom. The van der Waals surface area contributed by atoms with Gasteiger partial charge in [-0.3, -0.25) is 14.6 Å². The third-order valence-electron chi connectivity index (χ3n) is 3.78. The van der Waals surface area contributed by atoms with E-state index in [0.29, 0.717) is 5.92 Å². The molecule has 0 amide bonds. The first-order valence-electron chi connectivity index (χ1n) is 7.92. The number of aromatic amines is 1. The van der Waals surface area contributed by atoms with Crippen LogP contribution in [0.3, 0.4) is 0 Å². The molecule has 2 aromatic rings. The van der Waals surface area contributed by atoms with Gasteiger partial charge >= 0.3 is 0 Å².